The van der Waals surface area contributed by atoms with E-state index in [0.717, 1.165) is 11.3 Å². The minimum absolute atomic E-state index is 0.239. The summed E-state index contributed by atoms with van der Waals surface area (Å²) in [5.74, 6) is 0.0744. The molecule has 4 rings (SSSR count). The van der Waals surface area contributed by atoms with E-state index in [0.29, 0.717) is 6.61 Å². The summed E-state index contributed by atoms with van der Waals surface area (Å²) in [5, 5.41) is 0. The molecule has 0 bridgehead atoms. The normalized spacial score (nSPS) is 32.1. The monoisotopic (exact) mass is 316 g/mol. The summed E-state index contributed by atoms with van der Waals surface area (Å²) in [6, 6.07) is 13.7. The van der Waals surface area contributed by atoms with Crippen molar-refractivity contribution in [1.82, 2.24) is 0 Å². The van der Waals surface area contributed by atoms with Crippen LogP contribution in [0.25, 0.3) is 0 Å². The molecule has 5 heteroatoms. The number of ether oxygens (including phenoxy) is 4. The van der Waals surface area contributed by atoms with Gasteiger partial charge in [0.15, 0.2) is 12.1 Å². The largest absolute Gasteiger partial charge is 0.466 e. The third-order valence-corrected chi connectivity index (χ3v) is 4.09. The van der Waals surface area contributed by atoms with Crippen LogP contribution >= 0.6 is 0 Å². The van der Waals surface area contributed by atoms with Crippen LogP contribution in [0.4, 0.5) is 0 Å². The van der Waals surface area contributed by atoms with Gasteiger partial charge in [0.2, 0.25) is 0 Å². The van der Waals surface area contributed by atoms with E-state index in [4.69, 9.17) is 23.4 Å². The van der Waals surface area contributed by atoms with E-state index in [-0.39, 0.29) is 18.3 Å². The Hall–Kier alpha value is -1.66. The van der Waals surface area contributed by atoms with E-state index in [1.54, 1.807) is 6.26 Å². The standard InChI is InChI=1S/C18H20O5/c1-18(2)22-15-14(13-9-6-10-19-13)21-17(16(15)23-18)20-11-12-7-4-3-5-8-12/h3-10,14-17H,11H2,1-2H3/t14-,15+,16+,17+/m1/s1. The van der Waals surface area contributed by atoms with Crippen LogP contribution in [-0.4, -0.2) is 24.3 Å². The quantitative estimate of drug-likeness (QED) is 0.865. The highest BCUT2D eigenvalue weighted by Crippen LogP contribution is 2.45. The Morgan fingerprint density at radius 1 is 1.00 bits per heavy atom. The van der Waals surface area contributed by atoms with Crippen LogP contribution in [0.5, 0.6) is 0 Å². The summed E-state index contributed by atoms with van der Waals surface area (Å²) < 4.78 is 29.5. The molecule has 4 atom stereocenters. The Bertz CT molecular complexity index is 637. The molecule has 3 heterocycles. The topological polar surface area (TPSA) is 50.1 Å². The Kier molecular flexibility index (Phi) is 3.73. The van der Waals surface area contributed by atoms with Crippen molar-refractivity contribution in [1.29, 1.82) is 0 Å². The van der Waals surface area contributed by atoms with Crippen LogP contribution in [0.2, 0.25) is 0 Å². The lowest BCUT2D eigenvalue weighted by Gasteiger charge is -2.23. The van der Waals surface area contributed by atoms with Crippen molar-refractivity contribution in [3.8, 4) is 0 Å². The molecule has 2 aliphatic rings. The van der Waals surface area contributed by atoms with Crippen LogP contribution < -0.4 is 0 Å². The van der Waals surface area contributed by atoms with Crippen molar-refractivity contribution < 1.29 is 23.4 Å². The highest BCUT2D eigenvalue weighted by atomic mass is 16.8. The lowest BCUT2D eigenvalue weighted by Crippen LogP contribution is -2.31. The van der Waals surface area contributed by atoms with Crippen molar-refractivity contribution >= 4 is 0 Å². The van der Waals surface area contributed by atoms with E-state index in [9.17, 15) is 0 Å². The lowest BCUT2D eigenvalue weighted by atomic mass is 10.1. The Morgan fingerprint density at radius 3 is 2.52 bits per heavy atom. The van der Waals surface area contributed by atoms with E-state index >= 15 is 0 Å². The van der Waals surface area contributed by atoms with Crippen molar-refractivity contribution in [2.45, 2.75) is 50.8 Å². The van der Waals surface area contributed by atoms with Gasteiger partial charge < -0.3 is 23.4 Å². The number of rotatable bonds is 4. The van der Waals surface area contributed by atoms with Gasteiger partial charge in [-0.3, -0.25) is 0 Å². The summed E-state index contributed by atoms with van der Waals surface area (Å²) >= 11 is 0. The molecule has 0 radical (unpaired) electrons. The molecule has 2 saturated heterocycles. The molecule has 0 N–H and O–H groups in total. The molecular weight excluding hydrogens is 296 g/mol. The predicted octanol–water partition coefficient (Wildman–Crippen LogP) is 3.41. The Balaban J connectivity index is 1.51. The minimum Gasteiger partial charge on any atom is -0.466 e. The Labute approximate surface area is 135 Å². The summed E-state index contributed by atoms with van der Waals surface area (Å²) in [5.41, 5.74) is 1.09. The van der Waals surface area contributed by atoms with Crippen molar-refractivity contribution in [3.05, 3.63) is 60.1 Å². The molecule has 1 aromatic heterocycles. The van der Waals surface area contributed by atoms with Crippen molar-refractivity contribution in [3.63, 3.8) is 0 Å². The zero-order valence-corrected chi connectivity index (χ0v) is 13.2. The van der Waals surface area contributed by atoms with E-state index in [1.807, 2.05) is 56.3 Å². The second-order valence-corrected chi connectivity index (χ2v) is 6.30. The average Bonchev–Trinajstić information content (AvgIpc) is 3.22. The number of hydrogen-bond acceptors (Lipinski definition) is 5. The van der Waals surface area contributed by atoms with Gasteiger partial charge >= 0.3 is 0 Å². The van der Waals surface area contributed by atoms with Gasteiger partial charge in [-0.2, -0.15) is 0 Å². The second-order valence-electron chi connectivity index (χ2n) is 6.30. The molecule has 0 spiro atoms. The summed E-state index contributed by atoms with van der Waals surface area (Å²) in [7, 11) is 0. The number of benzene rings is 1. The van der Waals surface area contributed by atoms with Gasteiger partial charge in [-0.05, 0) is 31.5 Å². The molecule has 2 fully saturated rings. The fraction of sp³-hybridized carbons (Fsp3) is 0.444. The van der Waals surface area contributed by atoms with Gasteiger partial charge in [0.1, 0.15) is 24.1 Å². The zero-order valence-electron chi connectivity index (χ0n) is 13.2. The van der Waals surface area contributed by atoms with Crippen LogP contribution in [-0.2, 0) is 25.6 Å². The molecule has 1 aromatic carbocycles. The first-order chi connectivity index (χ1) is 11.1. The summed E-state index contributed by atoms with van der Waals surface area (Å²) in [6.07, 6.45) is 0.308. The van der Waals surface area contributed by atoms with E-state index in [2.05, 4.69) is 0 Å². The fourth-order valence-corrected chi connectivity index (χ4v) is 3.13. The van der Waals surface area contributed by atoms with Gasteiger partial charge in [-0.15, -0.1) is 0 Å². The highest BCUT2D eigenvalue weighted by molar-refractivity contribution is 5.14. The maximum absolute atomic E-state index is 6.02. The fourth-order valence-electron chi connectivity index (χ4n) is 3.13. The molecule has 0 amide bonds. The van der Waals surface area contributed by atoms with Crippen molar-refractivity contribution in [2.24, 2.45) is 0 Å². The summed E-state index contributed by atoms with van der Waals surface area (Å²) in [6.45, 7) is 4.26. The maximum Gasteiger partial charge on any atom is 0.187 e. The average molecular weight is 316 g/mol. The molecular formula is C18H20O5. The molecule has 2 aliphatic heterocycles. The molecule has 122 valence electrons. The molecule has 23 heavy (non-hydrogen) atoms. The first kappa shape index (κ1) is 14.9. The predicted molar refractivity (Wildman–Crippen MR) is 81.4 cm³/mol. The second kappa shape index (κ2) is 5.76. The minimum atomic E-state index is -0.654. The molecule has 2 aromatic rings. The summed E-state index contributed by atoms with van der Waals surface area (Å²) in [4.78, 5) is 0. The third kappa shape index (κ3) is 2.93. The van der Waals surface area contributed by atoms with Gasteiger partial charge in [-0.1, -0.05) is 30.3 Å². The van der Waals surface area contributed by atoms with Gasteiger partial charge in [0.05, 0.1) is 12.9 Å². The molecule has 5 nitrogen and oxygen atoms in total. The van der Waals surface area contributed by atoms with E-state index < -0.39 is 12.1 Å². The Morgan fingerprint density at radius 2 is 1.78 bits per heavy atom. The van der Waals surface area contributed by atoms with Crippen molar-refractivity contribution in [2.75, 3.05) is 0 Å². The number of furan rings is 1. The molecule has 0 unspecified atom stereocenters. The van der Waals surface area contributed by atoms with Gasteiger partial charge in [-0.25, -0.2) is 0 Å². The van der Waals surface area contributed by atoms with Gasteiger partial charge in [0.25, 0.3) is 0 Å². The SMILES string of the molecule is CC1(C)O[C@@H]2[C@@H](OCc3ccccc3)O[C@H](c3ccco3)[C@@H]2O1. The maximum atomic E-state index is 6.02. The number of fused-ring (bicyclic) bond motifs is 1. The van der Waals surface area contributed by atoms with Crippen LogP contribution in [0, 0.1) is 0 Å². The first-order valence-corrected chi connectivity index (χ1v) is 7.82. The zero-order chi connectivity index (χ0) is 15.9. The third-order valence-electron chi connectivity index (χ3n) is 4.09. The molecule has 0 aliphatic carbocycles. The van der Waals surface area contributed by atoms with Crippen LogP contribution in [0.1, 0.15) is 31.3 Å². The first-order valence-electron chi connectivity index (χ1n) is 7.82. The highest BCUT2D eigenvalue weighted by Gasteiger charge is 2.57. The lowest BCUT2D eigenvalue weighted by molar-refractivity contribution is -0.239. The number of hydrogen-bond donors (Lipinski definition) is 0. The smallest absolute Gasteiger partial charge is 0.187 e. The van der Waals surface area contributed by atoms with Gasteiger partial charge in [0, 0.05) is 0 Å². The van der Waals surface area contributed by atoms with Crippen LogP contribution in [0.3, 0.4) is 0 Å². The van der Waals surface area contributed by atoms with E-state index in [1.165, 1.54) is 0 Å². The molecule has 0 saturated carbocycles. The van der Waals surface area contributed by atoms with Crippen LogP contribution in [0.15, 0.2) is 53.1 Å².